The third-order valence-electron chi connectivity index (χ3n) is 4.91. The zero-order valence-corrected chi connectivity index (χ0v) is 18.9. The molecule has 0 saturated carbocycles. The molecule has 0 bridgehead atoms. The van der Waals surface area contributed by atoms with E-state index in [1.807, 2.05) is 4.90 Å². The number of anilines is 1. The molecule has 0 aliphatic carbocycles. The van der Waals surface area contributed by atoms with Crippen LogP contribution in [0.2, 0.25) is 0 Å². The van der Waals surface area contributed by atoms with E-state index >= 15 is 0 Å². The Morgan fingerprint density at radius 1 is 1.23 bits per heavy atom. The summed E-state index contributed by atoms with van der Waals surface area (Å²) in [6.45, 7) is 8.55. The van der Waals surface area contributed by atoms with Gasteiger partial charge in [0, 0.05) is 25.7 Å². The van der Waals surface area contributed by atoms with Crippen molar-refractivity contribution in [1.29, 1.82) is 0 Å². The van der Waals surface area contributed by atoms with Gasteiger partial charge in [0.1, 0.15) is 16.1 Å². The van der Waals surface area contributed by atoms with Crippen molar-refractivity contribution in [2.45, 2.75) is 38.6 Å². The molecule has 1 aliphatic heterocycles. The second kappa shape index (κ2) is 8.44. The number of rotatable bonds is 3. The highest BCUT2D eigenvalue weighted by molar-refractivity contribution is 7.91. The maximum absolute atomic E-state index is 13.6. The fraction of sp³-hybridized carbons (Fsp3) is 0.550. The van der Waals surface area contributed by atoms with Gasteiger partial charge in [-0.25, -0.2) is 4.98 Å². The molecule has 11 heteroatoms. The topological polar surface area (TPSA) is 82.8 Å². The van der Waals surface area contributed by atoms with E-state index in [0.717, 1.165) is 12.1 Å². The van der Waals surface area contributed by atoms with Crippen molar-refractivity contribution in [3.8, 4) is 0 Å². The summed E-state index contributed by atoms with van der Waals surface area (Å²) < 4.78 is 63.2. The molecule has 1 aliphatic rings. The molecule has 2 aromatic rings. The SMILES string of the molecule is CC(=N[S@+]([O-])C(C)(C)C)c1cc(C(F)(F)F)cc2c(=O)n(C)c(N3CCOCC3)nc12. The molecule has 3 rings (SSSR count). The van der Waals surface area contributed by atoms with Crippen molar-refractivity contribution in [3.05, 3.63) is 33.6 Å². The van der Waals surface area contributed by atoms with Crippen molar-refractivity contribution in [2.75, 3.05) is 31.2 Å². The molecule has 1 saturated heterocycles. The van der Waals surface area contributed by atoms with Crippen molar-refractivity contribution in [3.63, 3.8) is 0 Å². The Labute approximate surface area is 181 Å². The second-order valence-corrected chi connectivity index (χ2v) is 10.2. The molecule has 0 spiro atoms. The summed E-state index contributed by atoms with van der Waals surface area (Å²) in [5.74, 6) is 0.339. The van der Waals surface area contributed by atoms with Crippen molar-refractivity contribution >= 4 is 33.9 Å². The lowest BCUT2D eigenvalue weighted by Gasteiger charge is -2.29. The molecule has 1 aromatic carbocycles. The van der Waals surface area contributed by atoms with Gasteiger partial charge >= 0.3 is 6.18 Å². The second-order valence-electron chi connectivity index (χ2n) is 8.33. The van der Waals surface area contributed by atoms with Crippen LogP contribution >= 0.6 is 0 Å². The van der Waals surface area contributed by atoms with Gasteiger partial charge in [0.15, 0.2) is 0 Å². The normalized spacial score (nSPS) is 17.3. The Kier molecular flexibility index (Phi) is 6.41. The van der Waals surface area contributed by atoms with Gasteiger partial charge in [-0.3, -0.25) is 9.36 Å². The summed E-state index contributed by atoms with van der Waals surface area (Å²) in [5.41, 5.74) is -1.31. The predicted molar refractivity (Wildman–Crippen MR) is 115 cm³/mol. The third kappa shape index (κ3) is 4.88. The first-order chi connectivity index (χ1) is 14.3. The molecular weight excluding hydrogens is 433 g/mol. The zero-order valence-electron chi connectivity index (χ0n) is 18.0. The van der Waals surface area contributed by atoms with Crippen LogP contribution in [0.1, 0.15) is 38.8 Å². The Hall–Kier alpha value is -2.11. The molecule has 170 valence electrons. The monoisotopic (exact) mass is 458 g/mol. The Morgan fingerprint density at radius 3 is 2.39 bits per heavy atom. The van der Waals surface area contributed by atoms with Gasteiger partial charge < -0.3 is 14.2 Å². The zero-order chi connectivity index (χ0) is 23.1. The van der Waals surface area contributed by atoms with Crippen molar-refractivity contribution in [2.24, 2.45) is 11.4 Å². The minimum absolute atomic E-state index is 0.0367. The largest absolute Gasteiger partial charge is 0.591 e. The van der Waals surface area contributed by atoms with Crippen LogP contribution < -0.4 is 10.5 Å². The minimum Gasteiger partial charge on any atom is -0.591 e. The Balaban J connectivity index is 2.30. The van der Waals surface area contributed by atoms with Gasteiger partial charge in [-0.05, 0) is 39.8 Å². The highest BCUT2D eigenvalue weighted by Gasteiger charge is 2.33. The molecule has 7 nitrogen and oxygen atoms in total. The van der Waals surface area contributed by atoms with Gasteiger partial charge in [0.25, 0.3) is 5.56 Å². The summed E-state index contributed by atoms with van der Waals surface area (Å²) in [6.07, 6.45) is -4.67. The molecule has 1 aromatic heterocycles. The maximum atomic E-state index is 13.6. The number of fused-ring (bicyclic) bond motifs is 1. The lowest BCUT2D eigenvalue weighted by molar-refractivity contribution is -0.137. The first kappa shape index (κ1) is 23.6. The highest BCUT2D eigenvalue weighted by Crippen LogP contribution is 2.33. The lowest BCUT2D eigenvalue weighted by Crippen LogP contribution is -2.40. The van der Waals surface area contributed by atoms with Gasteiger partial charge in [-0.1, -0.05) is 4.40 Å². The summed E-state index contributed by atoms with van der Waals surface area (Å²) in [7, 11) is 1.48. The van der Waals surface area contributed by atoms with Crippen LogP contribution in [0.15, 0.2) is 21.3 Å². The number of aromatic nitrogens is 2. The molecule has 1 atom stereocenters. The lowest BCUT2D eigenvalue weighted by atomic mass is 10.0. The number of hydrogen-bond donors (Lipinski definition) is 0. The highest BCUT2D eigenvalue weighted by atomic mass is 32.2. The first-order valence-corrected chi connectivity index (χ1v) is 10.8. The fourth-order valence-corrected chi connectivity index (χ4v) is 3.78. The van der Waals surface area contributed by atoms with Crippen LogP contribution in [0.25, 0.3) is 10.9 Å². The number of halogens is 3. The van der Waals surface area contributed by atoms with Gasteiger partial charge in [0.2, 0.25) is 5.95 Å². The number of nitrogens with zero attached hydrogens (tertiary/aromatic N) is 4. The molecule has 1 fully saturated rings. The van der Waals surface area contributed by atoms with E-state index in [0.29, 0.717) is 32.3 Å². The van der Waals surface area contributed by atoms with E-state index in [9.17, 15) is 22.5 Å². The van der Waals surface area contributed by atoms with E-state index in [1.165, 1.54) is 18.5 Å². The first-order valence-electron chi connectivity index (χ1n) is 9.73. The smallest absolute Gasteiger partial charge is 0.416 e. The maximum Gasteiger partial charge on any atom is 0.416 e. The molecular formula is C20H25F3N4O3S. The van der Waals surface area contributed by atoms with Gasteiger partial charge in [0.05, 0.1) is 35.4 Å². The van der Waals surface area contributed by atoms with E-state index in [-0.39, 0.29) is 22.2 Å². The average molecular weight is 459 g/mol. The summed E-state index contributed by atoms with van der Waals surface area (Å²) in [5, 5.41) is -0.166. The molecule has 0 amide bonds. The number of alkyl halides is 3. The Bertz CT molecular complexity index is 1070. The van der Waals surface area contributed by atoms with Crippen LogP contribution in [0.4, 0.5) is 19.1 Å². The van der Waals surface area contributed by atoms with E-state index < -0.39 is 33.4 Å². The Morgan fingerprint density at radius 2 is 1.84 bits per heavy atom. The van der Waals surface area contributed by atoms with Crippen LogP contribution in [0, 0.1) is 0 Å². The van der Waals surface area contributed by atoms with E-state index in [1.54, 1.807) is 20.8 Å². The summed E-state index contributed by atoms with van der Waals surface area (Å²) >= 11 is -1.69. The number of benzene rings is 1. The van der Waals surface area contributed by atoms with Gasteiger partial charge in [-0.15, -0.1) is 0 Å². The van der Waals surface area contributed by atoms with Crippen LogP contribution in [-0.2, 0) is 29.3 Å². The molecule has 31 heavy (non-hydrogen) atoms. The van der Waals surface area contributed by atoms with Gasteiger partial charge in [-0.2, -0.15) is 13.2 Å². The standard InChI is InChI=1S/C20H25F3N4O3S/c1-12(25-31(29)19(2,3)4)14-10-13(20(21,22)23)11-15-16(14)24-18(26(5)17(15)28)27-6-8-30-9-7-27/h10-11H,6-9H2,1-5H3/t31-/m1/s1. The van der Waals surface area contributed by atoms with E-state index in [2.05, 4.69) is 9.38 Å². The van der Waals surface area contributed by atoms with Crippen LogP contribution in [0.3, 0.4) is 0 Å². The molecule has 0 N–H and O–H groups in total. The summed E-state index contributed by atoms with van der Waals surface area (Å²) in [4.78, 5) is 19.4. The van der Waals surface area contributed by atoms with Crippen molar-refractivity contribution in [1.82, 2.24) is 9.55 Å². The fourth-order valence-electron chi connectivity index (χ4n) is 3.16. The van der Waals surface area contributed by atoms with E-state index in [4.69, 9.17) is 4.74 Å². The molecule has 0 radical (unpaired) electrons. The minimum atomic E-state index is -4.67. The number of hydrogen-bond acceptors (Lipinski definition) is 6. The van der Waals surface area contributed by atoms with Crippen LogP contribution in [0.5, 0.6) is 0 Å². The van der Waals surface area contributed by atoms with Crippen molar-refractivity contribution < 1.29 is 22.5 Å². The quantitative estimate of drug-likeness (QED) is 0.522. The summed E-state index contributed by atoms with van der Waals surface area (Å²) in [6, 6.07) is 1.72. The number of ether oxygens (including phenoxy) is 1. The van der Waals surface area contributed by atoms with Crippen LogP contribution in [-0.4, -0.2) is 50.9 Å². The predicted octanol–water partition coefficient (Wildman–Crippen LogP) is 3.06. The number of morpholine rings is 1. The average Bonchev–Trinajstić information content (AvgIpc) is 2.69. The molecule has 0 unspecified atom stereocenters. The molecule has 2 heterocycles. The third-order valence-corrected chi connectivity index (χ3v) is 6.40.